The molecule has 1 amide bonds. The summed E-state index contributed by atoms with van der Waals surface area (Å²) in [6, 6.07) is 9.36. The molecule has 2 rings (SSSR count). The van der Waals surface area contributed by atoms with E-state index in [4.69, 9.17) is 9.47 Å². The minimum Gasteiger partial charge on any atom is -0.493 e. The van der Waals surface area contributed by atoms with E-state index in [-0.39, 0.29) is 10.8 Å². The summed E-state index contributed by atoms with van der Waals surface area (Å²) in [5.74, 6) is 0.742. The molecular formula is C19H23NO5S. The van der Waals surface area contributed by atoms with Crippen LogP contribution in [0.2, 0.25) is 0 Å². The van der Waals surface area contributed by atoms with E-state index in [0.29, 0.717) is 22.7 Å². The second kappa shape index (κ2) is 7.78. The van der Waals surface area contributed by atoms with Gasteiger partial charge in [0.1, 0.15) is 0 Å². The van der Waals surface area contributed by atoms with E-state index >= 15 is 0 Å². The summed E-state index contributed by atoms with van der Waals surface area (Å²) in [6.07, 6.45) is 0. The lowest BCUT2D eigenvalue weighted by Crippen LogP contribution is -2.15. The molecule has 140 valence electrons. The number of amides is 1. The molecule has 0 saturated carbocycles. The first kappa shape index (κ1) is 19.8. The Balaban J connectivity index is 2.26. The minimum atomic E-state index is -3.36. The van der Waals surface area contributed by atoms with Gasteiger partial charge >= 0.3 is 0 Å². The Hall–Kier alpha value is -2.54. The zero-order valence-corrected chi connectivity index (χ0v) is 16.3. The van der Waals surface area contributed by atoms with Gasteiger partial charge in [0.05, 0.1) is 24.4 Å². The van der Waals surface area contributed by atoms with Crippen LogP contribution in [0.1, 0.15) is 29.8 Å². The molecule has 2 aromatic carbocycles. The van der Waals surface area contributed by atoms with E-state index in [1.54, 1.807) is 33.1 Å². The molecule has 26 heavy (non-hydrogen) atoms. The van der Waals surface area contributed by atoms with Crippen molar-refractivity contribution in [1.29, 1.82) is 0 Å². The van der Waals surface area contributed by atoms with Crippen molar-refractivity contribution < 1.29 is 22.7 Å². The van der Waals surface area contributed by atoms with Gasteiger partial charge in [-0.25, -0.2) is 8.42 Å². The van der Waals surface area contributed by atoms with Crippen molar-refractivity contribution in [1.82, 2.24) is 0 Å². The predicted octanol–water partition coefficient (Wildman–Crippen LogP) is 3.45. The third-order valence-electron chi connectivity index (χ3n) is 4.04. The maximum Gasteiger partial charge on any atom is 0.255 e. The number of aryl methyl sites for hydroxylation is 1. The number of carbonyl (C=O) groups excluding carboxylic acids is 1. The number of nitrogens with one attached hydrogen (secondary N) is 1. The number of anilines is 1. The lowest BCUT2D eigenvalue weighted by atomic mass is 10.1. The van der Waals surface area contributed by atoms with Gasteiger partial charge in [-0.15, -0.1) is 0 Å². The molecule has 0 aromatic heterocycles. The summed E-state index contributed by atoms with van der Waals surface area (Å²) < 4.78 is 34.8. The van der Waals surface area contributed by atoms with Gasteiger partial charge in [0.2, 0.25) is 0 Å². The fourth-order valence-corrected chi connectivity index (χ4v) is 3.44. The molecular weight excluding hydrogens is 354 g/mol. The number of carbonyl (C=O) groups is 1. The van der Waals surface area contributed by atoms with Crippen LogP contribution in [0.15, 0.2) is 41.3 Å². The molecule has 0 fully saturated rings. The molecule has 0 aliphatic heterocycles. The van der Waals surface area contributed by atoms with Crippen LogP contribution in [0.25, 0.3) is 0 Å². The van der Waals surface area contributed by atoms with E-state index in [1.165, 1.54) is 31.4 Å². The fraction of sp³-hybridized carbons (Fsp3) is 0.316. The largest absolute Gasteiger partial charge is 0.493 e. The molecule has 7 heteroatoms. The Bertz CT molecular complexity index is 902. The number of hydrogen-bond donors (Lipinski definition) is 1. The highest BCUT2D eigenvalue weighted by Crippen LogP contribution is 2.33. The van der Waals surface area contributed by atoms with E-state index in [0.717, 1.165) is 5.56 Å². The summed E-state index contributed by atoms with van der Waals surface area (Å²) in [6.45, 7) is 5.08. The first-order valence-electron chi connectivity index (χ1n) is 8.08. The van der Waals surface area contributed by atoms with Gasteiger partial charge in [-0.1, -0.05) is 0 Å². The number of sulfone groups is 1. The Morgan fingerprint density at radius 2 is 1.54 bits per heavy atom. The summed E-state index contributed by atoms with van der Waals surface area (Å²) in [5, 5.41) is 2.29. The van der Waals surface area contributed by atoms with Gasteiger partial charge in [0.15, 0.2) is 21.3 Å². The number of benzene rings is 2. The molecule has 0 aliphatic rings. The predicted molar refractivity (Wildman–Crippen MR) is 101 cm³/mol. The number of ether oxygens (including phenoxy) is 2. The number of rotatable bonds is 6. The molecule has 0 spiro atoms. The molecule has 1 N–H and O–H groups in total. The zero-order chi connectivity index (χ0) is 19.5. The Labute approximate surface area is 154 Å². The van der Waals surface area contributed by atoms with Crippen molar-refractivity contribution in [2.75, 3.05) is 19.5 Å². The van der Waals surface area contributed by atoms with E-state index in [1.807, 2.05) is 6.92 Å². The van der Waals surface area contributed by atoms with Gasteiger partial charge in [-0.3, -0.25) is 4.79 Å². The monoisotopic (exact) mass is 377 g/mol. The van der Waals surface area contributed by atoms with Crippen molar-refractivity contribution >= 4 is 21.4 Å². The van der Waals surface area contributed by atoms with Gasteiger partial charge < -0.3 is 14.8 Å². The average molecular weight is 377 g/mol. The zero-order valence-electron chi connectivity index (χ0n) is 15.5. The first-order chi connectivity index (χ1) is 12.2. The Morgan fingerprint density at radius 3 is 2.04 bits per heavy atom. The molecule has 0 radical (unpaired) electrons. The maximum atomic E-state index is 12.5. The van der Waals surface area contributed by atoms with Crippen LogP contribution in [0.4, 0.5) is 5.69 Å². The highest BCUT2D eigenvalue weighted by atomic mass is 32.2. The Kier molecular flexibility index (Phi) is 5.92. The van der Waals surface area contributed by atoms with E-state index < -0.39 is 15.1 Å². The smallest absolute Gasteiger partial charge is 0.255 e. The third kappa shape index (κ3) is 3.99. The van der Waals surface area contributed by atoms with Gasteiger partial charge in [0.25, 0.3) is 5.91 Å². The molecule has 0 aliphatic carbocycles. The molecule has 0 atom stereocenters. The van der Waals surface area contributed by atoms with Crippen molar-refractivity contribution in [3.63, 3.8) is 0 Å². The van der Waals surface area contributed by atoms with Gasteiger partial charge in [0, 0.05) is 17.3 Å². The van der Waals surface area contributed by atoms with Crippen LogP contribution in [0, 0.1) is 6.92 Å². The van der Waals surface area contributed by atoms with Gasteiger partial charge in [-0.2, -0.15) is 0 Å². The highest BCUT2D eigenvalue weighted by Gasteiger charge is 2.19. The van der Waals surface area contributed by atoms with E-state index in [2.05, 4.69) is 5.32 Å². The quantitative estimate of drug-likeness (QED) is 0.834. The van der Waals surface area contributed by atoms with Crippen LogP contribution in [-0.4, -0.2) is 33.8 Å². The Morgan fingerprint density at radius 1 is 1.00 bits per heavy atom. The molecule has 0 heterocycles. The number of hydrogen-bond acceptors (Lipinski definition) is 5. The summed E-state index contributed by atoms with van der Waals surface area (Å²) in [7, 11) is -0.299. The van der Waals surface area contributed by atoms with Crippen molar-refractivity contribution in [2.24, 2.45) is 0 Å². The topological polar surface area (TPSA) is 81.7 Å². The summed E-state index contributed by atoms with van der Waals surface area (Å²) in [5.41, 5.74) is 1.77. The molecule has 6 nitrogen and oxygen atoms in total. The molecule has 0 bridgehead atoms. The van der Waals surface area contributed by atoms with Crippen molar-refractivity contribution in [3.05, 3.63) is 47.5 Å². The van der Waals surface area contributed by atoms with Crippen LogP contribution in [-0.2, 0) is 9.84 Å². The summed E-state index contributed by atoms with van der Waals surface area (Å²) >= 11 is 0. The fourth-order valence-electron chi connectivity index (χ4n) is 2.38. The van der Waals surface area contributed by atoms with Crippen LogP contribution < -0.4 is 14.8 Å². The summed E-state index contributed by atoms with van der Waals surface area (Å²) in [4.78, 5) is 12.7. The lowest BCUT2D eigenvalue weighted by Gasteiger charge is -2.14. The van der Waals surface area contributed by atoms with Crippen molar-refractivity contribution in [3.8, 4) is 11.5 Å². The standard InChI is InChI=1S/C19H23NO5S/c1-12(2)26(22,23)15-8-6-14(7-9-15)19(21)20-16-11-18(25-5)17(24-4)10-13(16)3/h6-12H,1-5H3,(H,20,21). The van der Waals surface area contributed by atoms with Crippen LogP contribution >= 0.6 is 0 Å². The normalized spacial score (nSPS) is 11.3. The second-order valence-electron chi connectivity index (χ2n) is 6.09. The maximum absolute atomic E-state index is 12.5. The number of methoxy groups -OCH3 is 2. The first-order valence-corrected chi connectivity index (χ1v) is 9.63. The molecule has 0 saturated heterocycles. The van der Waals surface area contributed by atoms with Gasteiger partial charge in [-0.05, 0) is 56.7 Å². The lowest BCUT2D eigenvalue weighted by molar-refractivity contribution is 0.102. The van der Waals surface area contributed by atoms with Crippen LogP contribution in [0.5, 0.6) is 11.5 Å². The second-order valence-corrected chi connectivity index (χ2v) is 8.60. The average Bonchev–Trinajstić information content (AvgIpc) is 2.62. The minimum absolute atomic E-state index is 0.200. The van der Waals surface area contributed by atoms with E-state index in [9.17, 15) is 13.2 Å². The van der Waals surface area contributed by atoms with Crippen molar-refractivity contribution in [2.45, 2.75) is 30.9 Å². The molecule has 0 unspecified atom stereocenters. The third-order valence-corrected chi connectivity index (χ3v) is 6.21. The molecule has 2 aromatic rings. The highest BCUT2D eigenvalue weighted by molar-refractivity contribution is 7.92. The van der Waals surface area contributed by atoms with Crippen LogP contribution in [0.3, 0.4) is 0 Å². The SMILES string of the molecule is COc1cc(C)c(NC(=O)c2ccc(S(=O)(=O)C(C)C)cc2)cc1OC.